The van der Waals surface area contributed by atoms with Crippen LogP contribution in [0.25, 0.3) is 0 Å². The molecule has 5 heteroatoms. The van der Waals surface area contributed by atoms with Gasteiger partial charge in [0.25, 0.3) is 5.91 Å². The summed E-state index contributed by atoms with van der Waals surface area (Å²) in [5, 5.41) is 2.60. The van der Waals surface area contributed by atoms with Gasteiger partial charge in [-0.2, -0.15) is 0 Å². The molecule has 0 saturated carbocycles. The van der Waals surface area contributed by atoms with Gasteiger partial charge in [-0.15, -0.1) is 12.3 Å². The first-order valence-corrected chi connectivity index (χ1v) is 6.86. The summed E-state index contributed by atoms with van der Waals surface area (Å²) in [5.41, 5.74) is 0.310. The lowest BCUT2D eigenvalue weighted by atomic mass is 10.2. The molecule has 17 heavy (non-hydrogen) atoms. The first kappa shape index (κ1) is 13.3. The Morgan fingerprint density at radius 2 is 2.18 bits per heavy atom. The van der Waals surface area contributed by atoms with Crippen LogP contribution in [-0.4, -0.2) is 27.1 Å². The van der Waals surface area contributed by atoms with Gasteiger partial charge < -0.3 is 5.32 Å². The van der Waals surface area contributed by atoms with E-state index < -0.39 is 9.84 Å². The highest BCUT2D eigenvalue weighted by Gasteiger charge is 2.10. The lowest BCUT2D eigenvalue weighted by Gasteiger charge is -2.04. The summed E-state index contributed by atoms with van der Waals surface area (Å²) in [6, 6.07) is 5.89. The zero-order valence-corrected chi connectivity index (χ0v) is 10.3. The normalized spacial score (nSPS) is 10.6. The minimum Gasteiger partial charge on any atom is -0.351 e. The number of amides is 1. The molecular formula is C12H13NO3S. The second-order valence-electron chi connectivity index (χ2n) is 3.51. The molecule has 1 amide bonds. The summed E-state index contributed by atoms with van der Waals surface area (Å²) < 4.78 is 22.6. The molecule has 0 fully saturated rings. The Morgan fingerprint density at radius 1 is 1.47 bits per heavy atom. The summed E-state index contributed by atoms with van der Waals surface area (Å²) in [6.45, 7) is 0.373. The molecule has 0 aliphatic rings. The van der Waals surface area contributed by atoms with Crippen LogP contribution in [-0.2, 0) is 9.84 Å². The van der Waals surface area contributed by atoms with Gasteiger partial charge in [-0.3, -0.25) is 4.79 Å². The number of sulfone groups is 1. The van der Waals surface area contributed by atoms with Crippen molar-refractivity contribution in [3.8, 4) is 12.3 Å². The van der Waals surface area contributed by atoms with E-state index in [1.54, 1.807) is 6.07 Å². The van der Waals surface area contributed by atoms with Gasteiger partial charge in [0.15, 0.2) is 9.84 Å². The summed E-state index contributed by atoms with van der Waals surface area (Å²) in [5.74, 6) is 2.07. The smallest absolute Gasteiger partial charge is 0.251 e. The number of carbonyl (C=O) groups is 1. The quantitative estimate of drug-likeness (QED) is 0.637. The molecule has 0 unspecified atom stereocenters. The SMILES string of the molecule is C#CCCNC(=O)c1cccc(S(C)(=O)=O)c1. The highest BCUT2D eigenvalue weighted by atomic mass is 32.2. The minimum absolute atomic E-state index is 0.127. The summed E-state index contributed by atoms with van der Waals surface area (Å²) >= 11 is 0. The number of rotatable bonds is 4. The van der Waals surface area contributed by atoms with Crippen molar-refractivity contribution in [1.82, 2.24) is 5.32 Å². The highest BCUT2D eigenvalue weighted by molar-refractivity contribution is 7.90. The Hall–Kier alpha value is -1.80. The first-order valence-electron chi connectivity index (χ1n) is 4.97. The third kappa shape index (κ3) is 3.93. The van der Waals surface area contributed by atoms with Crippen molar-refractivity contribution in [2.24, 2.45) is 0 Å². The van der Waals surface area contributed by atoms with Gasteiger partial charge in [0.2, 0.25) is 0 Å². The van der Waals surface area contributed by atoms with Crippen molar-refractivity contribution in [2.75, 3.05) is 12.8 Å². The number of nitrogens with one attached hydrogen (secondary N) is 1. The predicted molar refractivity (Wildman–Crippen MR) is 65.3 cm³/mol. The molecule has 1 aromatic carbocycles. The maximum atomic E-state index is 11.6. The van der Waals surface area contributed by atoms with E-state index >= 15 is 0 Å². The molecule has 0 saturated heterocycles. The molecule has 0 aliphatic heterocycles. The molecule has 1 N–H and O–H groups in total. The average molecular weight is 251 g/mol. The lowest BCUT2D eigenvalue weighted by molar-refractivity contribution is 0.0954. The molecule has 90 valence electrons. The topological polar surface area (TPSA) is 63.2 Å². The Balaban J connectivity index is 2.86. The van der Waals surface area contributed by atoms with E-state index in [0.29, 0.717) is 18.5 Å². The van der Waals surface area contributed by atoms with E-state index in [4.69, 9.17) is 6.42 Å². The van der Waals surface area contributed by atoms with Crippen LogP contribution >= 0.6 is 0 Å². The second-order valence-corrected chi connectivity index (χ2v) is 5.53. The van der Waals surface area contributed by atoms with Gasteiger partial charge >= 0.3 is 0 Å². The predicted octanol–water partition coefficient (Wildman–Crippen LogP) is 0.843. The lowest BCUT2D eigenvalue weighted by Crippen LogP contribution is -2.24. The van der Waals surface area contributed by atoms with Gasteiger partial charge in [-0.05, 0) is 18.2 Å². The molecule has 0 heterocycles. The van der Waals surface area contributed by atoms with Crippen LogP contribution in [0.4, 0.5) is 0 Å². The van der Waals surface area contributed by atoms with Crippen molar-refractivity contribution < 1.29 is 13.2 Å². The standard InChI is InChI=1S/C12H13NO3S/c1-3-4-8-13-12(14)10-6-5-7-11(9-10)17(2,15)16/h1,5-7,9H,4,8H2,2H3,(H,13,14). The number of hydrogen-bond acceptors (Lipinski definition) is 3. The first-order chi connectivity index (χ1) is 7.95. The van der Waals surface area contributed by atoms with Crippen molar-refractivity contribution in [1.29, 1.82) is 0 Å². The van der Waals surface area contributed by atoms with E-state index in [1.165, 1.54) is 18.2 Å². The molecular weight excluding hydrogens is 238 g/mol. The molecule has 0 aromatic heterocycles. The number of terminal acetylenes is 1. The minimum atomic E-state index is -3.30. The highest BCUT2D eigenvalue weighted by Crippen LogP contribution is 2.11. The van der Waals surface area contributed by atoms with Crippen molar-refractivity contribution >= 4 is 15.7 Å². The Bertz CT molecular complexity index is 555. The van der Waals surface area contributed by atoms with E-state index in [9.17, 15) is 13.2 Å². The van der Waals surface area contributed by atoms with Crippen LogP contribution in [0, 0.1) is 12.3 Å². The molecule has 1 rings (SSSR count). The van der Waals surface area contributed by atoms with Crippen LogP contribution in [0.1, 0.15) is 16.8 Å². The van der Waals surface area contributed by atoms with E-state index in [2.05, 4.69) is 11.2 Å². The molecule has 1 aromatic rings. The van der Waals surface area contributed by atoms with Crippen LogP contribution < -0.4 is 5.32 Å². The van der Waals surface area contributed by atoms with Gasteiger partial charge in [0, 0.05) is 24.8 Å². The van der Waals surface area contributed by atoms with Crippen LogP contribution in [0.15, 0.2) is 29.2 Å². The molecule has 0 radical (unpaired) electrons. The van der Waals surface area contributed by atoms with E-state index in [1.807, 2.05) is 0 Å². The van der Waals surface area contributed by atoms with Gasteiger partial charge in [-0.1, -0.05) is 6.07 Å². The summed E-state index contributed by atoms with van der Waals surface area (Å²) in [4.78, 5) is 11.8. The zero-order valence-electron chi connectivity index (χ0n) is 9.43. The third-order valence-electron chi connectivity index (χ3n) is 2.08. The fraction of sp³-hybridized carbons (Fsp3) is 0.250. The van der Waals surface area contributed by atoms with Gasteiger partial charge in [0.05, 0.1) is 4.90 Å². The Kier molecular flexibility index (Phi) is 4.30. The number of carbonyl (C=O) groups excluding carboxylic acids is 1. The van der Waals surface area contributed by atoms with Crippen molar-refractivity contribution in [3.63, 3.8) is 0 Å². The maximum Gasteiger partial charge on any atom is 0.251 e. The molecule has 0 bridgehead atoms. The summed E-state index contributed by atoms with van der Waals surface area (Å²) in [7, 11) is -3.30. The molecule has 0 spiro atoms. The Labute approximate surface area is 101 Å². The maximum absolute atomic E-state index is 11.6. The van der Waals surface area contributed by atoms with Crippen LogP contribution in [0.2, 0.25) is 0 Å². The van der Waals surface area contributed by atoms with Crippen molar-refractivity contribution in [2.45, 2.75) is 11.3 Å². The second kappa shape index (κ2) is 5.51. The van der Waals surface area contributed by atoms with Crippen molar-refractivity contribution in [3.05, 3.63) is 29.8 Å². The number of benzene rings is 1. The van der Waals surface area contributed by atoms with Crippen LogP contribution in [0.3, 0.4) is 0 Å². The third-order valence-corrected chi connectivity index (χ3v) is 3.19. The average Bonchev–Trinajstić information content (AvgIpc) is 2.28. The van der Waals surface area contributed by atoms with Gasteiger partial charge in [-0.25, -0.2) is 8.42 Å². The summed E-state index contributed by atoms with van der Waals surface area (Å²) in [6.07, 6.45) is 6.60. The molecule has 4 nitrogen and oxygen atoms in total. The fourth-order valence-corrected chi connectivity index (χ4v) is 1.89. The van der Waals surface area contributed by atoms with E-state index in [0.717, 1.165) is 6.26 Å². The zero-order chi connectivity index (χ0) is 12.9. The van der Waals surface area contributed by atoms with Gasteiger partial charge in [0.1, 0.15) is 0 Å². The largest absolute Gasteiger partial charge is 0.351 e. The Morgan fingerprint density at radius 3 is 2.76 bits per heavy atom. The monoisotopic (exact) mass is 251 g/mol. The fourth-order valence-electron chi connectivity index (χ4n) is 1.22. The van der Waals surface area contributed by atoms with E-state index in [-0.39, 0.29) is 10.8 Å². The molecule has 0 aliphatic carbocycles. The molecule has 0 atom stereocenters. The number of hydrogen-bond donors (Lipinski definition) is 1. The van der Waals surface area contributed by atoms with Crippen LogP contribution in [0.5, 0.6) is 0 Å².